The zero-order chi connectivity index (χ0) is 19.8. The lowest BCUT2D eigenvalue weighted by Gasteiger charge is -2.46. The van der Waals surface area contributed by atoms with Gasteiger partial charge in [-0.2, -0.15) is 0 Å². The largest absolute Gasteiger partial charge is 0.363 e. The Hall–Kier alpha value is -3.15. The van der Waals surface area contributed by atoms with E-state index in [4.69, 9.17) is 0 Å². The summed E-state index contributed by atoms with van der Waals surface area (Å²) in [6.07, 6.45) is 0. The molecule has 2 heterocycles. The molecule has 2 aliphatic rings. The van der Waals surface area contributed by atoms with Gasteiger partial charge in [0.25, 0.3) is 11.8 Å². The molecule has 1 saturated heterocycles. The molecule has 0 saturated carbocycles. The van der Waals surface area contributed by atoms with E-state index in [1.54, 1.807) is 29.2 Å². The van der Waals surface area contributed by atoms with Crippen molar-refractivity contribution in [2.75, 3.05) is 24.5 Å². The maximum absolute atomic E-state index is 12.9. The van der Waals surface area contributed by atoms with Crippen LogP contribution in [0.2, 0.25) is 0 Å². The van der Waals surface area contributed by atoms with E-state index in [1.165, 1.54) is 0 Å². The molecule has 1 fully saturated rings. The zero-order valence-electron chi connectivity index (χ0n) is 16.0. The summed E-state index contributed by atoms with van der Waals surface area (Å²) in [5, 5.41) is 0. The molecule has 6 heteroatoms. The normalized spacial score (nSPS) is 21.9. The van der Waals surface area contributed by atoms with Crippen LogP contribution in [0.3, 0.4) is 0 Å². The molecule has 0 radical (unpaired) electrons. The Morgan fingerprint density at radius 3 is 1.89 bits per heavy atom. The average molecular weight is 377 g/mol. The molecule has 0 N–H and O–H groups in total. The fraction of sp³-hybridized carbons (Fsp3) is 0.318. The molecule has 0 aliphatic carbocycles. The molecule has 3 amide bonds. The second-order valence-electron chi connectivity index (χ2n) is 7.48. The zero-order valence-corrected chi connectivity index (χ0v) is 16.0. The second kappa shape index (κ2) is 7.11. The van der Waals surface area contributed by atoms with Crippen molar-refractivity contribution in [2.45, 2.75) is 25.9 Å². The molecular weight excluding hydrogens is 354 g/mol. The summed E-state index contributed by atoms with van der Waals surface area (Å²) in [5.41, 5.74) is 1.88. The van der Waals surface area contributed by atoms with Gasteiger partial charge in [-0.1, -0.05) is 30.3 Å². The summed E-state index contributed by atoms with van der Waals surface area (Å²) >= 11 is 0. The first-order valence-corrected chi connectivity index (χ1v) is 9.53. The van der Waals surface area contributed by atoms with Crippen LogP contribution >= 0.6 is 0 Å². The fourth-order valence-electron chi connectivity index (χ4n) is 4.25. The van der Waals surface area contributed by atoms with E-state index >= 15 is 0 Å². The summed E-state index contributed by atoms with van der Waals surface area (Å²) in [6.45, 7) is 5.08. The van der Waals surface area contributed by atoms with Gasteiger partial charge in [0.15, 0.2) is 0 Å². The number of rotatable bonds is 3. The summed E-state index contributed by atoms with van der Waals surface area (Å²) in [4.78, 5) is 43.1. The van der Waals surface area contributed by atoms with Gasteiger partial charge in [0.05, 0.1) is 11.1 Å². The first-order chi connectivity index (χ1) is 13.5. The Labute approximate surface area is 164 Å². The summed E-state index contributed by atoms with van der Waals surface area (Å²) in [5.74, 6) is -0.975. The number of hydrogen-bond acceptors (Lipinski definition) is 4. The van der Waals surface area contributed by atoms with Crippen molar-refractivity contribution in [3.05, 3.63) is 65.7 Å². The Balaban J connectivity index is 1.46. The SMILES string of the molecule is CC1CN(C(=O)CN2C(=O)c3ccccc3C2=O)CC(C)N1c1ccccc1. The number of benzene rings is 2. The van der Waals surface area contributed by atoms with Crippen molar-refractivity contribution in [3.63, 3.8) is 0 Å². The van der Waals surface area contributed by atoms with Crippen LogP contribution in [0.4, 0.5) is 5.69 Å². The summed E-state index contributed by atoms with van der Waals surface area (Å²) < 4.78 is 0. The standard InChI is InChI=1S/C22H23N3O3/c1-15-12-23(13-16(2)25(15)17-8-4-3-5-9-17)20(26)14-24-21(27)18-10-6-7-11-19(18)22(24)28/h3-11,15-16H,12-14H2,1-2H3. The highest BCUT2D eigenvalue weighted by atomic mass is 16.2. The number of fused-ring (bicyclic) bond motifs is 1. The molecule has 0 spiro atoms. The maximum atomic E-state index is 12.9. The molecule has 6 nitrogen and oxygen atoms in total. The van der Waals surface area contributed by atoms with Crippen LogP contribution in [-0.2, 0) is 4.79 Å². The van der Waals surface area contributed by atoms with E-state index in [9.17, 15) is 14.4 Å². The van der Waals surface area contributed by atoms with Crippen molar-refractivity contribution in [1.29, 1.82) is 0 Å². The van der Waals surface area contributed by atoms with Gasteiger partial charge in [-0.3, -0.25) is 19.3 Å². The molecule has 2 aromatic carbocycles. The van der Waals surface area contributed by atoms with E-state index in [0.29, 0.717) is 24.2 Å². The Kier molecular flexibility index (Phi) is 4.63. The van der Waals surface area contributed by atoms with E-state index in [1.807, 2.05) is 18.2 Å². The first kappa shape index (κ1) is 18.2. The minimum absolute atomic E-state index is 0.136. The molecule has 0 aromatic heterocycles. The van der Waals surface area contributed by atoms with Crippen LogP contribution < -0.4 is 4.90 Å². The van der Waals surface area contributed by atoms with Crippen LogP contribution in [-0.4, -0.2) is 59.2 Å². The Morgan fingerprint density at radius 2 is 1.36 bits per heavy atom. The first-order valence-electron chi connectivity index (χ1n) is 9.53. The fourth-order valence-corrected chi connectivity index (χ4v) is 4.25. The number of carbonyl (C=O) groups is 3. The smallest absolute Gasteiger partial charge is 0.262 e. The predicted octanol–water partition coefficient (Wildman–Crippen LogP) is 2.41. The topological polar surface area (TPSA) is 60.9 Å². The van der Waals surface area contributed by atoms with Crippen molar-refractivity contribution >= 4 is 23.4 Å². The van der Waals surface area contributed by atoms with Gasteiger partial charge in [0.2, 0.25) is 5.91 Å². The number of imide groups is 1. The molecule has 2 atom stereocenters. The highest BCUT2D eigenvalue weighted by molar-refractivity contribution is 6.22. The van der Waals surface area contributed by atoms with E-state index in [-0.39, 0.29) is 24.5 Å². The van der Waals surface area contributed by atoms with E-state index in [0.717, 1.165) is 10.6 Å². The quantitative estimate of drug-likeness (QED) is 0.771. The van der Waals surface area contributed by atoms with Crippen molar-refractivity contribution in [3.8, 4) is 0 Å². The van der Waals surface area contributed by atoms with Crippen molar-refractivity contribution < 1.29 is 14.4 Å². The molecule has 2 aromatic rings. The van der Waals surface area contributed by atoms with Crippen LogP contribution in [0.25, 0.3) is 0 Å². The maximum Gasteiger partial charge on any atom is 0.262 e. The molecule has 2 unspecified atom stereocenters. The Bertz CT molecular complexity index is 881. The third kappa shape index (κ3) is 3.05. The summed E-state index contributed by atoms with van der Waals surface area (Å²) in [7, 11) is 0. The average Bonchev–Trinajstić information content (AvgIpc) is 2.93. The Morgan fingerprint density at radius 1 is 0.857 bits per heavy atom. The number of anilines is 1. The van der Waals surface area contributed by atoms with E-state index < -0.39 is 11.8 Å². The monoisotopic (exact) mass is 377 g/mol. The minimum atomic E-state index is -0.391. The van der Waals surface area contributed by atoms with Gasteiger partial charge in [0, 0.05) is 30.9 Å². The van der Waals surface area contributed by atoms with Crippen molar-refractivity contribution in [1.82, 2.24) is 9.80 Å². The highest BCUT2D eigenvalue weighted by Crippen LogP contribution is 2.26. The lowest BCUT2D eigenvalue weighted by atomic mass is 10.1. The summed E-state index contributed by atoms with van der Waals surface area (Å²) in [6, 6.07) is 17.1. The minimum Gasteiger partial charge on any atom is -0.363 e. The predicted molar refractivity (Wildman–Crippen MR) is 106 cm³/mol. The molecular formula is C22H23N3O3. The molecule has 144 valence electrons. The highest BCUT2D eigenvalue weighted by Gasteiger charge is 2.38. The number of nitrogens with zero attached hydrogens (tertiary/aromatic N) is 3. The third-order valence-corrected chi connectivity index (χ3v) is 5.50. The number of carbonyl (C=O) groups excluding carboxylic acids is 3. The number of piperazine rings is 1. The van der Waals surface area contributed by atoms with Gasteiger partial charge in [-0.15, -0.1) is 0 Å². The van der Waals surface area contributed by atoms with Gasteiger partial charge in [-0.05, 0) is 38.1 Å². The van der Waals surface area contributed by atoms with Crippen LogP contribution in [0.1, 0.15) is 34.6 Å². The van der Waals surface area contributed by atoms with E-state index in [2.05, 4.69) is 30.9 Å². The third-order valence-electron chi connectivity index (χ3n) is 5.50. The van der Waals surface area contributed by atoms with Gasteiger partial charge >= 0.3 is 0 Å². The molecule has 2 aliphatic heterocycles. The van der Waals surface area contributed by atoms with Gasteiger partial charge in [0.1, 0.15) is 6.54 Å². The van der Waals surface area contributed by atoms with Crippen LogP contribution in [0, 0.1) is 0 Å². The molecule has 28 heavy (non-hydrogen) atoms. The van der Waals surface area contributed by atoms with Gasteiger partial charge in [-0.25, -0.2) is 0 Å². The van der Waals surface area contributed by atoms with Crippen molar-refractivity contribution in [2.24, 2.45) is 0 Å². The van der Waals surface area contributed by atoms with Crippen LogP contribution in [0.15, 0.2) is 54.6 Å². The number of hydrogen-bond donors (Lipinski definition) is 0. The number of para-hydroxylation sites is 1. The lowest BCUT2D eigenvalue weighted by molar-refractivity contribution is -0.132. The molecule has 4 rings (SSSR count). The number of amides is 3. The van der Waals surface area contributed by atoms with Crippen LogP contribution in [0.5, 0.6) is 0 Å². The van der Waals surface area contributed by atoms with Gasteiger partial charge < -0.3 is 9.80 Å². The second-order valence-corrected chi connectivity index (χ2v) is 7.48. The molecule has 0 bridgehead atoms. The lowest BCUT2D eigenvalue weighted by Crippen LogP contribution is -2.59.